The van der Waals surface area contributed by atoms with Crippen LogP contribution in [0.1, 0.15) is 43.8 Å². The van der Waals surface area contributed by atoms with Gasteiger partial charge in [0.15, 0.2) is 5.82 Å². The molecule has 2 heterocycles. The Kier molecular flexibility index (Phi) is 8.46. The van der Waals surface area contributed by atoms with Crippen molar-refractivity contribution in [2.75, 3.05) is 16.7 Å². The fourth-order valence-electron chi connectivity index (χ4n) is 4.51. The van der Waals surface area contributed by atoms with Gasteiger partial charge in [0.2, 0.25) is 0 Å². The van der Waals surface area contributed by atoms with Crippen molar-refractivity contribution in [3.8, 4) is 11.1 Å². The molecule has 0 saturated carbocycles. The molecule has 212 valence electrons. The van der Waals surface area contributed by atoms with Crippen LogP contribution < -0.4 is 15.8 Å². The number of ether oxygens (including phenoxy) is 1. The topological polar surface area (TPSA) is 107 Å². The molecule has 0 aliphatic carbocycles. The number of pyridine rings is 1. The summed E-state index contributed by atoms with van der Waals surface area (Å²) in [7, 11) is 1.80. The van der Waals surface area contributed by atoms with Gasteiger partial charge >= 0.3 is 6.09 Å². The fraction of sp³-hybridized carbons (Fsp3) is 0.321. The lowest BCUT2D eigenvalue weighted by atomic mass is 9.93. The van der Waals surface area contributed by atoms with Gasteiger partial charge in [0.1, 0.15) is 17.2 Å². The minimum Gasteiger partial charge on any atom is -0.444 e. The number of carbonyl (C=O) groups is 1. The zero-order valence-corrected chi connectivity index (χ0v) is 24.6. The second-order valence-electron chi connectivity index (χ2n) is 10.4. The Morgan fingerprint density at radius 2 is 1.85 bits per heavy atom. The fourth-order valence-corrected chi connectivity index (χ4v) is 5.09. The van der Waals surface area contributed by atoms with E-state index in [1.54, 1.807) is 51.6 Å². The first-order chi connectivity index (χ1) is 18.8. The van der Waals surface area contributed by atoms with E-state index in [0.717, 1.165) is 6.07 Å². The van der Waals surface area contributed by atoms with Crippen molar-refractivity contribution in [1.82, 2.24) is 20.1 Å². The lowest BCUT2D eigenvalue weighted by Crippen LogP contribution is -2.36. The van der Waals surface area contributed by atoms with Gasteiger partial charge in [-0.15, -0.1) is 0 Å². The number of alkyl carbamates (subject to hydrolysis) is 1. The molecule has 0 bridgehead atoms. The molecule has 0 fully saturated rings. The molecule has 0 aliphatic rings. The van der Waals surface area contributed by atoms with Crippen molar-refractivity contribution in [3.63, 3.8) is 0 Å². The van der Waals surface area contributed by atoms with Crippen LogP contribution in [0.2, 0.25) is 5.02 Å². The first-order valence-electron chi connectivity index (χ1n) is 12.4. The SMILES string of the molecule is CSNc1nn(C)c2c(-c3cc(N)c(C)nc3C(Cc3cc(F)cc(F)c3)NC(=O)OC(C)(C)C)ccc(Cl)c12. The second-order valence-corrected chi connectivity index (χ2v) is 11.4. The van der Waals surface area contributed by atoms with E-state index in [1.165, 1.54) is 24.1 Å². The molecule has 0 saturated heterocycles. The van der Waals surface area contributed by atoms with Crippen molar-refractivity contribution < 1.29 is 18.3 Å². The molecular weight excluding hydrogens is 558 g/mol. The van der Waals surface area contributed by atoms with Gasteiger partial charge in [0.25, 0.3) is 0 Å². The number of halogens is 3. The Labute approximate surface area is 240 Å². The number of nitrogens with zero attached hydrogens (tertiary/aromatic N) is 3. The predicted molar refractivity (Wildman–Crippen MR) is 157 cm³/mol. The number of amides is 1. The highest BCUT2D eigenvalue weighted by molar-refractivity contribution is 7.99. The highest BCUT2D eigenvalue weighted by atomic mass is 35.5. The summed E-state index contributed by atoms with van der Waals surface area (Å²) in [5.41, 5.74) is 9.30. The minimum absolute atomic E-state index is 0.0265. The van der Waals surface area contributed by atoms with Crippen molar-refractivity contribution in [3.05, 3.63) is 70.0 Å². The van der Waals surface area contributed by atoms with Gasteiger partial charge in [0.05, 0.1) is 39.0 Å². The molecule has 2 aromatic carbocycles. The van der Waals surface area contributed by atoms with Gasteiger partial charge in [-0.05, 0) is 63.9 Å². The monoisotopic (exact) mass is 588 g/mol. The molecule has 12 heteroatoms. The molecule has 40 heavy (non-hydrogen) atoms. The molecule has 4 N–H and O–H groups in total. The minimum atomic E-state index is -0.840. The third kappa shape index (κ3) is 6.42. The van der Waals surface area contributed by atoms with E-state index in [0.29, 0.717) is 55.5 Å². The van der Waals surface area contributed by atoms with E-state index >= 15 is 0 Å². The Balaban J connectivity index is 1.94. The summed E-state index contributed by atoms with van der Waals surface area (Å²) >= 11 is 7.99. The molecule has 1 atom stereocenters. The molecule has 0 spiro atoms. The van der Waals surface area contributed by atoms with Crippen LogP contribution in [0.4, 0.5) is 25.1 Å². The number of aromatic nitrogens is 3. The van der Waals surface area contributed by atoms with E-state index in [1.807, 2.05) is 12.3 Å². The maximum Gasteiger partial charge on any atom is 0.408 e. The van der Waals surface area contributed by atoms with Gasteiger partial charge in [-0.1, -0.05) is 29.6 Å². The molecule has 1 amide bonds. The van der Waals surface area contributed by atoms with Crippen LogP contribution in [-0.4, -0.2) is 32.7 Å². The number of nitrogens with one attached hydrogen (secondary N) is 2. The van der Waals surface area contributed by atoms with Crippen LogP contribution >= 0.6 is 23.5 Å². The maximum absolute atomic E-state index is 14.1. The molecule has 4 rings (SSSR count). The third-order valence-electron chi connectivity index (χ3n) is 6.09. The molecule has 4 aromatic rings. The van der Waals surface area contributed by atoms with E-state index in [4.69, 9.17) is 27.1 Å². The molecular formula is C28H31ClF2N6O2S. The van der Waals surface area contributed by atoms with E-state index < -0.39 is 29.4 Å². The lowest BCUT2D eigenvalue weighted by Gasteiger charge is -2.25. The van der Waals surface area contributed by atoms with E-state index in [-0.39, 0.29) is 6.42 Å². The summed E-state index contributed by atoms with van der Waals surface area (Å²) < 4.78 is 38.6. The van der Waals surface area contributed by atoms with Crippen molar-refractivity contribution in [2.45, 2.75) is 45.8 Å². The smallest absolute Gasteiger partial charge is 0.408 e. The quantitative estimate of drug-likeness (QED) is 0.200. The van der Waals surface area contributed by atoms with E-state index in [9.17, 15) is 13.6 Å². The highest BCUT2D eigenvalue weighted by Gasteiger charge is 2.27. The summed E-state index contributed by atoms with van der Waals surface area (Å²) in [6.07, 6.45) is 1.20. The van der Waals surface area contributed by atoms with Gasteiger partial charge in [-0.3, -0.25) is 9.67 Å². The molecule has 0 aliphatic heterocycles. The Morgan fingerprint density at radius 3 is 2.48 bits per heavy atom. The average molecular weight is 589 g/mol. The Hall–Kier alpha value is -3.57. The van der Waals surface area contributed by atoms with Gasteiger partial charge in [0, 0.05) is 30.5 Å². The van der Waals surface area contributed by atoms with Gasteiger partial charge in [-0.25, -0.2) is 13.6 Å². The Morgan fingerprint density at radius 1 is 1.18 bits per heavy atom. The largest absolute Gasteiger partial charge is 0.444 e. The molecule has 1 unspecified atom stereocenters. The first kappa shape index (κ1) is 29.4. The second kappa shape index (κ2) is 11.5. The van der Waals surface area contributed by atoms with Crippen LogP contribution in [0, 0.1) is 18.6 Å². The molecule has 8 nitrogen and oxygen atoms in total. The number of hydrogen-bond acceptors (Lipinski definition) is 7. The van der Waals surface area contributed by atoms with E-state index in [2.05, 4.69) is 15.1 Å². The van der Waals surface area contributed by atoms with Crippen molar-refractivity contribution in [2.24, 2.45) is 7.05 Å². The van der Waals surface area contributed by atoms with Gasteiger partial charge in [-0.2, -0.15) is 5.10 Å². The average Bonchev–Trinajstić information content (AvgIpc) is 3.16. The maximum atomic E-state index is 14.1. The zero-order valence-electron chi connectivity index (χ0n) is 23.0. The molecule has 0 radical (unpaired) electrons. The predicted octanol–water partition coefficient (Wildman–Crippen LogP) is 6.96. The van der Waals surface area contributed by atoms with Crippen LogP contribution in [0.3, 0.4) is 0 Å². The van der Waals surface area contributed by atoms with Crippen LogP contribution in [0.5, 0.6) is 0 Å². The highest BCUT2D eigenvalue weighted by Crippen LogP contribution is 2.41. The number of benzene rings is 2. The number of nitrogens with two attached hydrogens (primary N) is 1. The number of carbonyl (C=O) groups excluding carboxylic acids is 1. The lowest BCUT2D eigenvalue weighted by molar-refractivity contribution is 0.0502. The summed E-state index contributed by atoms with van der Waals surface area (Å²) in [4.78, 5) is 17.8. The van der Waals surface area contributed by atoms with Gasteiger partial charge < -0.3 is 20.5 Å². The number of rotatable bonds is 7. The first-order valence-corrected chi connectivity index (χ1v) is 14.0. The van der Waals surface area contributed by atoms with Crippen LogP contribution in [-0.2, 0) is 18.2 Å². The standard InChI is InChI=1S/C28H31ClF2N6O2S/c1-14-21(32)13-19(18-7-8-20(29)23-25(18)37(5)35-26(23)36-40-6)24(33-14)22(34-27(38)39-28(2,3)4)11-15-9-16(30)12-17(31)10-15/h7-10,12-13,22H,11,32H2,1-6H3,(H,34,38)(H,35,36). The molecule has 2 aromatic heterocycles. The number of anilines is 2. The number of fused-ring (bicyclic) bond motifs is 1. The van der Waals surface area contributed by atoms with Crippen LogP contribution in [0.25, 0.3) is 22.0 Å². The number of nitrogen functional groups attached to an aromatic ring is 1. The summed E-state index contributed by atoms with van der Waals surface area (Å²) in [6.45, 7) is 6.98. The van der Waals surface area contributed by atoms with Crippen molar-refractivity contribution in [1.29, 1.82) is 0 Å². The summed E-state index contributed by atoms with van der Waals surface area (Å²) in [5, 5.41) is 8.65. The normalized spacial score (nSPS) is 12.4. The zero-order chi connectivity index (χ0) is 29.4. The van der Waals surface area contributed by atoms with Crippen LogP contribution in [0.15, 0.2) is 36.4 Å². The Bertz CT molecular complexity index is 1570. The summed E-state index contributed by atoms with van der Waals surface area (Å²) in [5.74, 6) is -0.864. The summed E-state index contributed by atoms with van der Waals surface area (Å²) in [6, 6.07) is 7.75. The number of aryl methyl sites for hydroxylation is 2. The third-order valence-corrected chi connectivity index (χ3v) is 6.80. The number of hydrogen-bond donors (Lipinski definition) is 3. The van der Waals surface area contributed by atoms with Crippen molar-refractivity contribution >= 4 is 52.1 Å².